The second kappa shape index (κ2) is 5.16. The molecule has 0 saturated carbocycles. The molecule has 1 atom stereocenters. The van der Waals surface area contributed by atoms with Crippen LogP contribution in [0.15, 0.2) is 12.1 Å². The van der Waals surface area contributed by atoms with Crippen LogP contribution in [0.4, 0.5) is 11.5 Å². The van der Waals surface area contributed by atoms with E-state index < -0.39 is 11.9 Å². The van der Waals surface area contributed by atoms with Crippen LogP contribution in [0, 0.1) is 17.2 Å². The molecule has 1 heterocycles. The Morgan fingerprint density at radius 2 is 2.18 bits per heavy atom. The largest absolute Gasteiger partial charge is 0.396 e. The lowest BCUT2D eigenvalue weighted by Crippen LogP contribution is -2.39. The van der Waals surface area contributed by atoms with Crippen LogP contribution < -0.4 is 16.8 Å². The van der Waals surface area contributed by atoms with Crippen molar-refractivity contribution in [1.82, 2.24) is 4.98 Å². The lowest BCUT2D eigenvalue weighted by atomic mass is 10.0. The molecule has 0 fully saturated rings. The summed E-state index contributed by atoms with van der Waals surface area (Å²) >= 11 is 0. The van der Waals surface area contributed by atoms with Gasteiger partial charge in [0, 0.05) is 0 Å². The molecule has 0 bridgehead atoms. The van der Waals surface area contributed by atoms with Crippen molar-refractivity contribution in [2.45, 2.75) is 19.9 Å². The molecular weight excluding hydrogens is 218 g/mol. The quantitative estimate of drug-likeness (QED) is 0.698. The van der Waals surface area contributed by atoms with Gasteiger partial charge >= 0.3 is 0 Å². The third-order valence-corrected chi connectivity index (χ3v) is 2.31. The minimum atomic E-state index is -0.530. The number of hydrogen-bond acceptors (Lipinski definition) is 5. The van der Waals surface area contributed by atoms with Crippen molar-refractivity contribution in [3.63, 3.8) is 0 Å². The Morgan fingerprint density at radius 1 is 1.53 bits per heavy atom. The first kappa shape index (κ1) is 12.8. The van der Waals surface area contributed by atoms with Crippen molar-refractivity contribution in [3.8, 4) is 6.07 Å². The molecule has 1 rings (SSSR count). The minimum Gasteiger partial charge on any atom is -0.396 e. The summed E-state index contributed by atoms with van der Waals surface area (Å²) in [6.45, 7) is 3.73. The Kier molecular flexibility index (Phi) is 3.88. The molecule has 1 amide bonds. The SMILES string of the molecule is CC(C)C(Nc1ccc(N)c(C#N)n1)C(N)=O. The number of hydrogen-bond donors (Lipinski definition) is 3. The van der Waals surface area contributed by atoms with Gasteiger partial charge in [-0.25, -0.2) is 4.98 Å². The first-order valence-corrected chi connectivity index (χ1v) is 5.18. The first-order chi connectivity index (χ1) is 7.95. The van der Waals surface area contributed by atoms with Crippen LogP contribution in [0.2, 0.25) is 0 Å². The maximum absolute atomic E-state index is 11.2. The predicted octanol–water partition coefficient (Wildman–Crippen LogP) is 0.457. The van der Waals surface area contributed by atoms with E-state index in [1.54, 1.807) is 12.1 Å². The van der Waals surface area contributed by atoms with Crippen LogP contribution in [0.1, 0.15) is 19.5 Å². The van der Waals surface area contributed by atoms with E-state index >= 15 is 0 Å². The Balaban J connectivity index is 2.95. The highest BCUT2D eigenvalue weighted by molar-refractivity contribution is 5.83. The monoisotopic (exact) mass is 233 g/mol. The normalized spacial score (nSPS) is 11.9. The number of pyridine rings is 1. The third-order valence-electron chi connectivity index (χ3n) is 2.31. The van der Waals surface area contributed by atoms with Crippen LogP contribution in [-0.2, 0) is 4.79 Å². The van der Waals surface area contributed by atoms with E-state index in [4.69, 9.17) is 16.7 Å². The number of carbonyl (C=O) groups is 1. The summed E-state index contributed by atoms with van der Waals surface area (Å²) in [5.74, 6) is -0.0252. The highest BCUT2D eigenvalue weighted by Gasteiger charge is 2.19. The first-order valence-electron chi connectivity index (χ1n) is 5.18. The Hall–Kier alpha value is -2.29. The summed E-state index contributed by atoms with van der Waals surface area (Å²) in [4.78, 5) is 15.2. The molecular formula is C11H15N5O. The van der Waals surface area contributed by atoms with Crippen molar-refractivity contribution in [1.29, 1.82) is 5.26 Å². The highest BCUT2D eigenvalue weighted by Crippen LogP contribution is 2.15. The number of nitriles is 1. The molecule has 6 heteroatoms. The van der Waals surface area contributed by atoms with Gasteiger partial charge in [-0.15, -0.1) is 0 Å². The number of aromatic nitrogens is 1. The van der Waals surface area contributed by atoms with E-state index in [0.717, 1.165) is 0 Å². The van der Waals surface area contributed by atoms with Gasteiger partial charge in [0.1, 0.15) is 17.9 Å². The minimum absolute atomic E-state index is 0.0254. The molecule has 0 saturated heterocycles. The van der Waals surface area contributed by atoms with Crippen molar-refractivity contribution in [2.24, 2.45) is 11.7 Å². The van der Waals surface area contributed by atoms with E-state index in [1.165, 1.54) is 0 Å². The number of amides is 1. The average Bonchev–Trinajstić information content (AvgIpc) is 2.26. The number of nitrogens with one attached hydrogen (secondary N) is 1. The van der Waals surface area contributed by atoms with Gasteiger partial charge in [-0.2, -0.15) is 5.26 Å². The zero-order chi connectivity index (χ0) is 13.0. The third kappa shape index (κ3) is 3.08. The fraction of sp³-hybridized carbons (Fsp3) is 0.364. The molecule has 1 unspecified atom stereocenters. The Bertz CT molecular complexity index is 463. The maximum atomic E-state index is 11.2. The molecule has 0 spiro atoms. The summed E-state index contributed by atoms with van der Waals surface area (Å²) in [7, 11) is 0. The fourth-order valence-electron chi connectivity index (χ4n) is 1.37. The van der Waals surface area contributed by atoms with Crippen molar-refractivity contribution in [2.75, 3.05) is 11.1 Å². The van der Waals surface area contributed by atoms with Crippen LogP contribution in [0.5, 0.6) is 0 Å². The van der Waals surface area contributed by atoms with Crippen LogP contribution in [-0.4, -0.2) is 16.9 Å². The lowest BCUT2D eigenvalue weighted by Gasteiger charge is -2.19. The number of rotatable bonds is 4. The maximum Gasteiger partial charge on any atom is 0.240 e. The van der Waals surface area contributed by atoms with Gasteiger partial charge in [0.05, 0.1) is 5.69 Å². The number of carbonyl (C=O) groups excluding carboxylic acids is 1. The van der Waals surface area contributed by atoms with Gasteiger partial charge in [0.15, 0.2) is 5.69 Å². The molecule has 0 aliphatic heterocycles. The van der Waals surface area contributed by atoms with Crippen molar-refractivity contribution >= 4 is 17.4 Å². The number of primary amides is 1. The molecule has 5 N–H and O–H groups in total. The van der Waals surface area contributed by atoms with E-state index in [1.807, 2.05) is 19.9 Å². The summed E-state index contributed by atoms with van der Waals surface area (Å²) in [5, 5.41) is 11.7. The van der Waals surface area contributed by atoms with E-state index in [-0.39, 0.29) is 11.6 Å². The van der Waals surface area contributed by atoms with E-state index in [9.17, 15) is 4.79 Å². The number of nitrogens with zero attached hydrogens (tertiary/aromatic N) is 2. The topological polar surface area (TPSA) is 118 Å². The van der Waals surface area contributed by atoms with E-state index in [0.29, 0.717) is 11.5 Å². The number of nitrogen functional groups attached to an aromatic ring is 1. The molecule has 90 valence electrons. The summed E-state index contributed by atoms with van der Waals surface area (Å²) in [6, 6.07) is 4.51. The van der Waals surface area contributed by atoms with Gasteiger partial charge in [0.2, 0.25) is 5.91 Å². The van der Waals surface area contributed by atoms with Crippen molar-refractivity contribution in [3.05, 3.63) is 17.8 Å². The fourth-order valence-corrected chi connectivity index (χ4v) is 1.37. The zero-order valence-electron chi connectivity index (χ0n) is 9.77. The number of anilines is 2. The molecule has 17 heavy (non-hydrogen) atoms. The molecule has 6 nitrogen and oxygen atoms in total. The van der Waals surface area contributed by atoms with Gasteiger partial charge in [-0.05, 0) is 18.1 Å². The molecule has 1 aromatic rings. The molecule has 0 aliphatic carbocycles. The second-order valence-electron chi connectivity index (χ2n) is 4.01. The van der Waals surface area contributed by atoms with Gasteiger partial charge in [0.25, 0.3) is 0 Å². The van der Waals surface area contributed by atoms with Gasteiger partial charge in [-0.1, -0.05) is 13.8 Å². The average molecular weight is 233 g/mol. The number of nitrogens with two attached hydrogens (primary N) is 2. The predicted molar refractivity (Wildman–Crippen MR) is 64.8 cm³/mol. The molecule has 1 aromatic heterocycles. The summed E-state index contributed by atoms with van der Waals surface area (Å²) < 4.78 is 0. The standard InChI is InChI=1S/C11H15N5O/c1-6(2)10(11(14)17)16-9-4-3-7(13)8(5-12)15-9/h3-4,6,10H,13H2,1-2H3,(H2,14,17)(H,15,16). The van der Waals surface area contributed by atoms with Gasteiger partial charge < -0.3 is 16.8 Å². The highest BCUT2D eigenvalue weighted by atomic mass is 16.1. The molecule has 0 aromatic carbocycles. The second-order valence-corrected chi connectivity index (χ2v) is 4.01. The summed E-state index contributed by atoms with van der Waals surface area (Å²) in [5.41, 5.74) is 11.2. The molecule has 0 aliphatic rings. The molecule has 0 radical (unpaired) electrons. The van der Waals surface area contributed by atoms with Crippen LogP contribution in [0.25, 0.3) is 0 Å². The van der Waals surface area contributed by atoms with Crippen molar-refractivity contribution < 1.29 is 4.79 Å². The summed E-state index contributed by atoms with van der Waals surface area (Å²) in [6.07, 6.45) is 0. The lowest BCUT2D eigenvalue weighted by molar-refractivity contribution is -0.119. The Labute approximate surface area is 99.6 Å². The smallest absolute Gasteiger partial charge is 0.240 e. The van der Waals surface area contributed by atoms with Gasteiger partial charge in [-0.3, -0.25) is 4.79 Å². The van der Waals surface area contributed by atoms with E-state index in [2.05, 4.69) is 10.3 Å². The Morgan fingerprint density at radius 3 is 2.65 bits per heavy atom. The van der Waals surface area contributed by atoms with Crippen LogP contribution in [0.3, 0.4) is 0 Å². The van der Waals surface area contributed by atoms with Crippen LogP contribution >= 0.6 is 0 Å². The zero-order valence-corrected chi connectivity index (χ0v) is 9.77.